The molecule has 0 saturated heterocycles. The van der Waals surface area contributed by atoms with E-state index in [-0.39, 0.29) is 17.6 Å². The van der Waals surface area contributed by atoms with Crippen LogP contribution < -0.4 is 10.6 Å². The Morgan fingerprint density at radius 1 is 1.06 bits per heavy atom. The van der Waals surface area contributed by atoms with Gasteiger partial charge in [-0.25, -0.2) is 4.98 Å². The van der Waals surface area contributed by atoms with Crippen LogP contribution in [0.15, 0.2) is 76.6 Å². The number of thioether (sulfide) groups is 1. The van der Waals surface area contributed by atoms with Crippen molar-refractivity contribution >= 4 is 29.3 Å². The van der Waals surface area contributed by atoms with Crippen molar-refractivity contribution in [2.24, 2.45) is 0 Å². The van der Waals surface area contributed by atoms with E-state index in [1.54, 1.807) is 18.3 Å². The van der Waals surface area contributed by atoms with Crippen LogP contribution in [0.1, 0.15) is 33.0 Å². The molecule has 2 amide bonds. The van der Waals surface area contributed by atoms with Gasteiger partial charge in [0.2, 0.25) is 5.91 Å². The number of aryl methyl sites for hydroxylation is 3. The van der Waals surface area contributed by atoms with Crippen molar-refractivity contribution in [2.45, 2.75) is 32.5 Å². The Hall–Kier alpha value is -3.78. The normalized spacial score (nSPS) is 10.8. The van der Waals surface area contributed by atoms with Gasteiger partial charge in [0.25, 0.3) is 5.91 Å². The minimum absolute atomic E-state index is 0.102. The van der Waals surface area contributed by atoms with Crippen LogP contribution in [-0.2, 0) is 11.3 Å². The minimum atomic E-state index is -0.196. The van der Waals surface area contributed by atoms with Gasteiger partial charge in [-0.15, -0.1) is 0 Å². The average molecular weight is 475 g/mol. The van der Waals surface area contributed by atoms with Gasteiger partial charge in [0.15, 0.2) is 5.16 Å². The summed E-state index contributed by atoms with van der Waals surface area (Å²) in [5.74, 6) is 1.42. The number of anilines is 1. The highest BCUT2D eigenvalue weighted by Crippen LogP contribution is 2.22. The van der Waals surface area contributed by atoms with Crippen molar-refractivity contribution in [1.29, 1.82) is 0 Å². The van der Waals surface area contributed by atoms with Crippen LogP contribution in [-0.4, -0.2) is 27.1 Å². The lowest BCUT2D eigenvalue weighted by Gasteiger charge is -2.11. The number of rotatable bonds is 8. The standard InChI is InChI=1S/C26H26N4O3S/c1-17-7-8-18(2)23(13-17)29-24(31)16-34-26-27-11-12-30(26)21-6-4-5-20(14-21)25(32)28-15-22-10-9-19(3)33-22/h4-14H,15-16H2,1-3H3,(H,28,32)(H,29,31). The van der Waals surface area contributed by atoms with E-state index in [2.05, 4.69) is 15.6 Å². The summed E-state index contributed by atoms with van der Waals surface area (Å²) in [5, 5.41) is 6.51. The van der Waals surface area contributed by atoms with Gasteiger partial charge in [-0.3, -0.25) is 14.2 Å². The molecular formula is C26H26N4O3S. The van der Waals surface area contributed by atoms with Gasteiger partial charge < -0.3 is 15.1 Å². The molecule has 2 N–H and O–H groups in total. The summed E-state index contributed by atoms with van der Waals surface area (Å²) in [7, 11) is 0. The second kappa shape index (κ2) is 10.4. The first kappa shape index (κ1) is 23.4. The second-order valence-corrected chi connectivity index (χ2v) is 8.92. The lowest BCUT2D eigenvalue weighted by atomic mass is 10.1. The number of carbonyl (C=O) groups is 2. The number of aromatic nitrogens is 2. The Kier molecular flexibility index (Phi) is 7.18. The third-order valence-corrected chi connectivity index (χ3v) is 6.18. The average Bonchev–Trinajstić information content (AvgIpc) is 3.47. The van der Waals surface area contributed by atoms with Gasteiger partial charge in [-0.1, -0.05) is 30.0 Å². The molecule has 0 saturated carbocycles. The number of imidazole rings is 1. The highest BCUT2D eigenvalue weighted by atomic mass is 32.2. The molecule has 0 spiro atoms. The summed E-state index contributed by atoms with van der Waals surface area (Å²) in [6.07, 6.45) is 3.49. The molecular weight excluding hydrogens is 448 g/mol. The van der Waals surface area contributed by atoms with E-state index in [0.717, 1.165) is 28.3 Å². The first-order valence-electron chi connectivity index (χ1n) is 10.9. The number of nitrogens with one attached hydrogen (secondary N) is 2. The fourth-order valence-electron chi connectivity index (χ4n) is 3.43. The van der Waals surface area contributed by atoms with Crippen molar-refractivity contribution in [2.75, 3.05) is 11.1 Å². The smallest absolute Gasteiger partial charge is 0.251 e. The molecule has 2 heterocycles. The van der Waals surface area contributed by atoms with Gasteiger partial charge in [0, 0.05) is 29.3 Å². The number of carbonyl (C=O) groups excluding carboxylic acids is 2. The first-order chi connectivity index (χ1) is 16.4. The molecule has 0 unspecified atom stereocenters. The molecule has 0 aliphatic rings. The zero-order valence-electron chi connectivity index (χ0n) is 19.3. The molecule has 174 valence electrons. The van der Waals surface area contributed by atoms with E-state index in [1.807, 2.05) is 74.0 Å². The molecule has 4 aromatic rings. The van der Waals surface area contributed by atoms with Crippen LogP contribution in [0, 0.1) is 20.8 Å². The van der Waals surface area contributed by atoms with E-state index in [9.17, 15) is 9.59 Å². The van der Waals surface area contributed by atoms with Crippen LogP contribution in [0.5, 0.6) is 0 Å². The zero-order valence-corrected chi connectivity index (χ0v) is 20.1. The first-order valence-corrected chi connectivity index (χ1v) is 11.8. The monoisotopic (exact) mass is 474 g/mol. The molecule has 0 fully saturated rings. The van der Waals surface area contributed by atoms with Crippen molar-refractivity contribution in [3.63, 3.8) is 0 Å². The van der Waals surface area contributed by atoms with Crippen LogP contribution in [0.3, 0.4) is 0 Å². The quantitative estimate of drug-likeness (QED) is 0.349. The Labute approximate surface area is 202 Å². The second-order valence-electron chi connectivity index (χ2n) is 7.98. The Morgan fingerprint density at radius 2 is 1.91 bits per heavy atom. The molecule has 0 atom stereocenters. The summed E-state index contributed by atoms with van der Waals surface area (Å²) < 4.78 is 7.37. The van der Waals surface area contributed by atoms with E-state index >= 15 is 0 Å². The van der Waals surface area contributed by atoms with E-state index in [4.69, 9.17) is 4.42 Å². The summed E-state index contributed by atoms with van der Waals surface area (Å²) in [4.78, 5) is 29.5. The maximum absolute atomic E-state index is 12.6. The number of furan rings is 1. The summed E-state index contributed by atoms with van der Waals surface area (Å²) in [6.45, 7) is 6.14. The maximum atomic E-state index is 12.6. The van der Waals surface area contributed by atoms with Gasteiger partial charge >= 0.3 is 0 Å². The minimum Gasteiger partial charge on any atom is -0.465 e. The van der Waals surface area contributed by atoms with E-state index < -0.39 is 0 Å². The summed E-state index contributed by atoms with van der Waals surface area (Å²) >= 11 is 1.34. The number of benzene rings is 2. The molecule has 34 heavy (non-hydrogen) atoms. The van der Waals surface area contributed by atoms with Crippen LogP contribution in [0.2, 0.25) is 0 Å². The molecule has 7 nitrogen and oxygen atoms in total. The van der Waals surface area contributed by atoms with Gasteiger partial charge in [0.1, 0.15) is 11.5 Å². The Morgan fingerprint density at radius 3 is 2.71 bits per heavy atom. The lowest BCUT2D eigenvalue weighted by molar-refractivity contribution is -0.113. The van der Waals surface area contributed by atoms with Crippen molar-refractivity contribution in [3.05, 3.63) is 95.2 Å². The third kappa shape index (κ3) is 5.77. The third-order valence-electron chi connectivity index (χ3n) is 5.21. The van der Waals surface area contributed by atoms with Gasteiger partial charge in [-0.2, -0.15) is 0 Å². The van der Waals surface area contributed by atoms with E-state index in [0.29, 0.717) is 23.0 Å². The number of hydrogen-bond donors (Lipinski definition) is 2. The van der Waals surface area contributed by atoms with Crippen molar-refractivity contribution < 1.29 is 14.0 Å². The van der Waals surface area contributed by atoms with Crippen LogP contribution >= 0.6 is 11.8 Å². The SMILES string of the molecule is Cc1ccc(C)c(NC(=O)CSc2nccn2-c2cccc(C(=O)NCc3ccc(C)o3)c2)c1. The summed E-state index contributed by atoms with van der Waals surface area (Å²) in [5.41, 5.74) is 4.24. The molecule has 4 rings (SSSR count). The summed E-state index contributed by atoms with van der Waals surface area (Å²) in [6, 6.07) is 16.9. The lowest BCUT2D eigenvalue weighted by Crippen LogP contribution is -2.22. The fourth-order valence-corrected chi connectivity index (χ4v) is 4.20. The largest absolute Gasteiger partial charge is 0.465 e. The predicted octanol–water partition coefficient (Wildman–Crippen LogP) is 5.05. The molecule has 0 radical (unpaired) electrons. The highest BCUT2D eigenvalue weighted by Gasteiger charge is 2.13. The van der Waals surface area contributed by atoms with Crippen molar-refractivity contribution in [1.82, 2.24) is 14.9 Å². The van der Waals surface area contributed by atoms with Gasteiger partial charge in [0.05, 0.1) is 12.3 Å². The number of nitrogens with zero attached hydrogens (tertiary/aromatic N) is 2. The highest BCUT2D eigenvalue weighted by molar-refractivity contribution is 7.99. The Balaban J connectivity index is 1.40. The maximum Gasteiger partial charge on any atom is 0.251 e. The number of amides is 2. The van der Waals surface area contributed by atoms with E-state index in [1.165, 1.54) is 11.8 Å². The zero-order chi connectivity index (χ0) is 24.1. The fraction of sp³-hybridized carbons (Fsp3) is 0.192. The molecule has 8 heteroatoms. The predicted molar refractivity (Wildman–Crippen MR) is 133 cm³/mol. The Bertz CT molecular complexity index is 1330. The molecule has 0 aliphatic carbocycles. The van der Waals surface area contributed by atoms with Crippen LogP contribution in [0.25, 0.3) is 5.69 Å². The van der Waals surface area contributed by atoms with Crippen molar-refractivity contribution in [3.8, 4) is 5.69 Å². The molecule has 0 aliphatic heterocycles. The molecule has 0 bridgehead atoms. The van der Waals surface area contributed by atoms with Gasteiger partial charge in [-0.05, 0) is 68.3 Å². The molecule has 2 aromatic carbocycles. The molecule has 2 aromatic heterocycles. The number of hydrogen-bond acceptors (Lipinski definition) is 5. The van der Waals surface area contributed by atoms with Crippen LogP contribution in [0.4, 0.5) is 5.69 Å². The topological polar surface area (TPSA) is 89.2 Å².